The Hall–Kier alpha value is -1.21. The van der Waals surface area contributed by atoms with Crippen molar-refractivity contribution in [1.82, 2.24) is 5.32 Å². The van der Waals surface area contributed by atoms with Gasteiger partial charge in [0.05, 0.1) is 0 Å². The van der Waals surface area contributed by atoms with Crippen LogP contribution < -0.4 is 5.32 Å². The highest BCUT2D eigenvalue weighted by Gasteiger charge is 2.21. The third kappa shape index (κ3) is 5.97. The number of amides is 1. The van der Waals surface area contributed by atoms with Crippen molar-refractivity contribution in [1.29, 1.82) is 0 Å². The third-order valence-corrected chi connectivity index (χ3v) is 3.75. The fourth-order valence-corrected chi connectivity index (χ4v) is 2.96. The second-order valence-corrected chi connectivity index (χ2v) is 6.28. The number of halogens is 2. The molecule has 0 aliphatic carbocycles. The summed E-state index contributed by atoms with van der Waals surface area (Å²) in [6.45, 7) is 1.72. The Balaban J connectivity index is 2.76. The molecule has 2 N–H and O–H groups in total. The van der Waals surface area contributed by atoms with Crippen LogP contribution in [0.2, 0.25) is 0 Å². The lowest BCUT2D eigenvalue weighted by molar-refractivity contribution is -0.139. The van der Waals surface area contributed by atoms with Gasteiger partial charge in [-0.2, -0.15) is 0 Å². The van der Waals surface area contributed by atoms with Crippen molar-refractivity contribution in [3.63, 3.8) is 0 Å². The van der Waals surface area contributed by atoms with Crippen LogP contribution >= 0.6 is 31.9 Å². The molecule has 0 aliphatic heterocycles. The molecule has 0 spiro atoms. The van der Waals surface area contributed by atoms with Crippen LogP contribution in [0.15, 0.2) is 27.1 Å². The fraction of sp³-hybridized carbons (Fsp3) is 0.357. The van der Waals surface area contributed by atoms with Crippen LogP contribution in [0.25, 0.3) is 0 Å². The van der Waals surface area contributed by atoms with E-state index in [0.717, 1.165) is 0 Å². The molecular formula is C14H15Br2NO4. The first-order chi connectivity index (χ1) is 9.83. The second kappa shape index (κ2) is 8.29. The van der Waals surface area contributed by atoms with Crippen LogP contribution in [0.5, 0.6) is 0 Å². The maximum Gasteiger partial charge on any atom is 0.326 e. The summed E-state index contributed by atoms with van der Waals surface area (Å²) < 4.78 is 1.41. The normalized spacial score (nSPS) is 11.8. The predicted octanol–water partition coefficient (Wildman–Crippen LogP) is 3.15. The summed E-state index contributed by atoms with van der Waals surface area (Å²) >= 11 is 6.53. The standard InChI is InChI=1S/C14H15Br2NO4/c1-2-11(18)3-4-12(14(20)21)17-13(19)8-5-9(15)7-10(16)6-8/h5-7,12H,2-4H2,1H3,(H,17,19)(H,20,21)/t12-/m1/s1. The van der Waals surface area contributed by atoms with Gasteiger partial charge in [0, 0.05) is 27.4 Å². The molecule has 0 heterocycles. The molecule has 114 valence electrons. The first-order valence-electron chi connectivity index (χ1n) is 6.35. The highest BCUT2D eigenvalue weighted by molar-refractivity contribution is 9.11. The van der Waals surface area contributed by atoms with Crippen molar-refractivity contribution in [2.24, 2.45) is 0 Å². The number of rotatable bonds is 7. The van der Waals surface area contributed by atoms with E-state index in [1.165, 1.54) is 0 Å². The molecule has 0 bridgehead atoms. The Morgan fingerprint density at radius 2 is 1.76 bits per heavy atom. The van der Waals surface area contributed by atoms with Crippen molar-refractivity contribution in [2.45, 2.75) is 32.2 Å². The number of aliphatic carboxylic acids is 1. The van der Waals surface area contributed by atoms with Gasteiger partial charge in [-0.15, -0.1) is 0 Å². The van der Waals surface area contributed by atoms with E-state index in [2.05, 4.69) is 37.2 Å². The van der Waals surface area contributed by atoms with Crippen molar-refractivity contribution < 1.29 is 19.5 Å². The van der Waals surface area contributed by atoms with Crippen LogP contribution in [0.4, 0.5) is 0 Å². The molecular weight excluding hydrogens is 406 g/mol. The summed E-state index contributed by atoms with van der Waals surface area (Å²) in [6.07, 6.45) is 0.581. The second-order valence-electron chi connectivity index (χ2n) is 4.45. The van der Waals surface area contributed by atoms with E-state index in [1.54, 1.807) is 25.1 Å². The van der Waals surface area contributed by atoms with E-state index in [4.69, 9.17) is 5.11 Å². The lowest BCUT2D eigenvalue weighted by Gasteiger charge is -2.14. The van der Waals surface area contributed by atoms with Crippen LogP contribution in [0, 0.1) is 0 Å². The maximum atomic E-state index is 12.1. The van der Waals surface area contributed by atoms with Gasteiger partial charge in [-0.1, -0.05) is 38.8 Å². The van der Waals surface area contributed by atoms with Gasteiger partial charge in [0.1, 0.15) is 11.8 Å². The van der Waals surface area contributed by atoms with Gasteiger partial charge in [-0.05, 0) is 24.6 Å². The van der Waals surface area contributed by atoms with Crippen LogP contribution in [0.1, 0.15) is 36.5 Å². The molecule has 0 fully saturated rings. The van der Waals surface area contributed by atoms with E-state index >= 15 is 0 Å². The maximum absolute atomic E-state index is 12.1. The zero-order valence-electron chi connectivity index (χ0n) is 11.4. The van der Waals surface area contributed by atoms with Crippen molar-refractivity contribution in [3.05, 3.63) is 32.7 Å². The number of carboxylic acid groups (broad SMARTS) is 1. The van der Waals surface area contributed by atoms with Gasteiger partial charge >= 0.3 is 5.97 Å². The van der Waals surface area contributed by atoms with E-state index < -0.39 is 17.9 Å². The van der Waals surface area contributed by atoms with Gasteiger partial charge in [0.2, 0.25) is 0 Å². The molecule has 7 heteroatoms. The van der Waals surface area contributed by atoms with Gasteiger partial charge in [0.25, 0.3) is 5.91 Å². The fourth-order valence-electron chi connectivity index (χ4n) is 1.67. The Labute approximate surface area is 139 Å². The minimum Gasteiger partial charge on any atom is -0.480 e. The summed E-state index contributed by atoms with van der Waals surface area (Å²) in [5.74, 6) is -1.67. The first kappa shape index (κ1) is 17.8. The van der Waals surface area contributed by atoms with Gasteiger partial charge in [-0.25, -0.2) is 4.79 Å². The largest absolute Gasteiger partial charge is 0.480 e. The Morgan fingerprint density at radius 1 is 1.19 bits per heavy atom. The minimum atomic E-state index is -1.15. The molecule has 1 aromatic carbocycles. The number of carboxylic acids is 1. The molecule has 0 unspecified atom stereocenters. The monoisotopic (exact) mass is 419 g/mol. The van der Waals surface area contributed by atoms with Crippen molar-refractivity contribution in [3.8, 4) is 0 Å². The van der Waals surface area contributed by atoms with E-state index in [0.29, 0.717) is 20.9 Å². The topological polar surface area (TPSA) is 83.5 Å². The van der Waals surface area contributed by atoms with Gasteiger partial charge in [-0.3, -0.25) is 9.59 Å². The van der Waals surface area contributed by atoms with E-state index in [9.17, 15) is 14.4 Å². The number of ketones is 1. The SMILES string of the molecule is CCC(=O)CC[C@@H](NC(=O)c1cc(Br)cc(Br)c1)C(=O)O. The Kier molecular flexibility index (Phi) is 7.04. The number of nitrogens with one attached hydrogen (secondary N) is 1. The quantitative estimate of drug-likeness (QED) is 0.709. The number of carbonyl (C=O) groups is 3. The molecule has 0 saturated carbocycles. The minimum absolute atomic E-state index is 0.0271. The average Bonchev–Trinajstić information content (AvgIpc) is 2.41. The van der Waals surface area contributed by atoms with Crippen molar-refractivity contribution in [2.75, 3.05) is 0 Å². The molecule has 0 aromatic heterocycles. The highest BCUT2D eigenvalue weighted by Crippen LogP contribution is 2.20. The molecule has 5 nitrogen and oxygen atoms in total. The lowest BCUT2D eigenvalue weighted by atomic mass is 10.1. The number of benzene rings is 1. The molecule has 1 rings (SSSR count). The predicted molar refractivity (Wildman–Crippen MR) is 85.3 cm³/mol. The molecule has 0 radical (unpaired) electrons. The zero-order valence-corrected chi connectivity index (χ0v) is 14.5. The number of hydrogen-bond donors (Lipinski definition) is 2. The molecule has 0 saturated heterocycles. The van der Waals surface area contributed by atoms with Crippen LogP contribution in [0.3, 0.4) is 0 Å². The number of hydrogen-bond acceptors (Lipinski definition) is 3. The Bertz CT molecular complexity index is 540. The lowest BCUT2D eigenvalue weighted by Crippen LogP contribution is -2.41. The first-order valence-corrected chi connectivity index (χ1v) is 7.93. The molecule has 21 heavy (non-hydrogen) atoms. The summed E-state index contributed by atoms with van der Waals surface area (Å²) in [7, 11) is 0. The highest BCUT2D eigenvalue weighted by atomic mass is 79.9. The van der Waals surface area contributed by atoms with Crippen LogP contribution in [-0.4, -0.2) is 28.8 Å². The molecule has 0 aliphatic rings. The smallest absolute Gasteiger partial charge is 0.326 e. The molecule has 1 amide bonds. The number of carbonyl (C=O) groups excluding carboxylic acids is 2. The summed E-state index contributed by atoms with van der Waals surface area (Å²) in [5.41, 5.74) is 0.337. The summed E-state index contributed by atoms with van der Waals surface area (Å²) in [6, 6.07) is 3.88. The summed E-state index contributed by atoms with van der Waals surface area (Å²) in [5, 5.41) is 11.6. The average molecular weight is 421 g/mol. The van der Waals surface area contributed by atoms with E-state index in [1.807, 2.05) is 0 Å². The summed E-state index contributed by atoms with van der Waals surface area (Å²) in [4.78, 5) is 34.5. The Morgan fingerprint density at radius 3 is 2.24 bits per heavy atom. The van der Waals surface area contributed by atoms with Gasteiger partial charge < -0.3 is 10.4 Å². The third-order valence-electron chi connectivity index (χ3n) is 2.83. The van der Waals surface area contributed by atoms with Gasteiger partial charge in [0.15, 0.2) is 0 Å². The molecule has 1 atom stereocenters. The van der Waals surface area contributed by atoms with Crippen molar-refractivity contribution >= 4 is 49.5 Å². The zero-order chi connectivity index (χ0) is 16.0. The van der Waals surface area contributed by atoms with E-state index in [-0.39, 0.29) is 18.6 Å². The number of Topliss-reactive ketones (excluding diaryl/α,β-unsaturated/α-hetero) is 1. The van der Waals surface area contributed by atoms with Crippen LogP contribution in [-0.2, 0) is 9.59 Å². The molecule has 1 aromatic rings.